The molecule has 0 radical (unpaired) electrons. The molecule has 7 rings (SSSR count). The van der Waals surface area contributed by atoms with Crippen molar-refractivity contribution in [3.8, 4) is 5.75 Å². The summed E-state index contributed by atoms with van der Waals surface area (Å²) < 4.78 is 7.52. The molecule has 4 heterocycles. The third kappa shape index (κ3) is 5.90. The number of ether oxygens (including phenoxy) is 1. The van der Waals surface area contributed by atoms with Crippen LogP contribution >= 0.6 is 0 Å². The Labute approximate surface area is 259 Å². The molecule has 3 aromatic carbocycles. The summed E-state index contributed by atoms with van der Waals surface area (Å²) in [5.74, 6) is 1.97. The fourth-order valence-electron chi connectivity index (χ4n) is 5.84. The molecule has 0 spiro atoms. The van der Waals surface area contributed by atoms with Gasteiger partial charge in [-0.25, -0.2) is 4.98 Å². The van der Waals surface area contributed by atoms with Crippen LogP contribution in [0.2, 0.25) is 0 Å². The van der Waals surface area contributed by atoms with E-state index in [2.05, 4.69) is 60.3 Å². The zero-order chi connectivity index (χ0) is 30.6. The average molecular weight is 597 g/mol. The quantitative estimate of drug-likeness (QED) is 0.179. The Morgan fingerprint density at radius 3 is 2.29 bits per heavy atom. The zero-order valence-electron chi connectivity index (χ0n) is 24.8. The predicted molar refractivity (Wildman–Crippen MR) is 172 cm³/mol. The number of methoxy groups -OCH3 is 1. The number of H-pyrrole nitrogens is 2. The van der Waals surface area contributed by atoms with E-state index in [1.807, 2.05) is 54.7 Å². The Morgan fingerprint density at radius 2 is 1.58 bits per heavy atom. The van der Waals surface area contributed by atoms with Crippen LogP contribution in [0.4, 0.5) is 0 Å². The van der Waals surface area contributed by atoms with Gasteiger partial charge < -0.3 is 24.6 Å². The van der Waals surface area contributed by atoms with Crippen molar-refractivity contribution in [3.63, 3.8) is 0 Å². The molecule has 0 unspecified atom stereocenters. The maximum atomic E-state index is 13.5. The number of aromatic amines is 2. The van der Waals surface area contributed by atoms with E-state index >= 15 is 0 Å². The second-order valence-corrected chi connectivity index (χ2v) is 10.9. The molecule has 0 fully saturated rings. The minimum absolute atomic E-state index is 0.238. The molecule has 7 aromatic rings. The van der Waals surface area contributed by atoms with Gasteiger partial charge >= 0.3 is 0 Å². The van der Waals surface area contributed by atoms with E-state index in [1.54, 1.807) is 13.3 Å². The van der Waals surface area contributed by atoms with Crippen molar-refractivity contribution in [1.29, 1.82) is 0 Å². The van der Waals surface area contributed by atoms with Gasteiger partial charge in [-0.1, -0.05) is 48.5 Å². The van der Waals surface area contributed by atoms with Crippen molar-refractivity contribution in [3.05, 3.63) is 138 Å². The fourth-order valence-corrected chi connectivity index (χ4v) is 5.84. The smallest absolute Gasteiger partial charge is 0.272 e. The molecular formula is C35H32N8O2. The number of hydrogen-bond donors (Lipinski definition) is 3. The number of aromatic nitrogens is 7. The Bertz CT molecular complexity index is 2060. The number of benzene rings is 3. The van der Waals surface area contributed by atoms with Crippen molar-refractivity contribution < 1.29 is 9.53 Å². The van der Waals surface area contributed by atoms with E-state index in [9.17, 15) is 4.79 Å². The number of carbonyl (C=O) groups is 1. The number of nitrogens with zero attached hydrogens (tertiary/aromatic N) is 5. The van der Waals surface area contributed by atoms with Crippen molar-refractivity contribution in [1.82, 2.24) is 40.0 Å². The summed E-state index contributed by atoms with van der Waals surface area (Å²) in [5.41, 5.74) is 5.73. The van der Waals surface area contributed by atoms with Gasteiger partial charge in [0.1, 0.15) is 17.3 Å². The first-order valence-corrected chi connectivity index (χ1v) is 14.9. The predicted octanol–water partition coefficient (Wildman–Crippen LogP) is 5.59. The number of amides is 1. The monoisotopic (exact) mass is 596 g/mol. The van der Waals surface area contributed by atoms with E-state index in [0.717, 1.165) is 45.5 Å². The second-order valence-electron chi connectivity index (χ2n) is 10.9. The van der Waals surface area contributed by atoms with Crippen LogP contribution in [0.1, 0.15) is 44.9 Å². The summed E-state index contributed by atoms with van der Waals surface area (Å²) in [5, 5.41) is 14.9. The number of hydrogen-bond acceptors (Lipinski definition) is 6. The molecule has 45 heavy (non-hydrogen) atoms. The summed E-state index contributed by atoms with van der Waals surface area (Å²) >= 11 is 0. The van der Waals surface area contributed by atoms with Crippen LogP contribution in [0, 0.1) is 0 Å². The van der Waals surface area contributed by atoms with Crippen LogP contribution in [0.3, 0.4) is 0 Å². The third-order valence-electron chi connectivity index (χ3n) is 8.16. The molecule has 1 atom stereocenters. The topological polar surface area (TPSA) is 126 Å². The Balaban J connectivity index is 1.27. The van der Waals surface area contributed by atoms with Crippen molar-refractivity contribution in [2.45, 2.75) is 31.8 Å². The van der Waals surface area contributed by atoms with Crippen molar-refractivity contribution in [2.75, 3.05) is 7.11 Å². The molecule has 10 nitrogen and oxygen atoms in total. The lowest BCUT2D eigenvalue weighted by molar-refractivity contribution is 0.0928. The molecule has 0 aliphatic carbocycles. The molecule has 1 amide bonds. The molecule has 0 aliphatic heterocycles. The maximum absolute atomic E-state index is 13.5. The van der Waals surface area contributed by atoms with E-state index in [1.165, 1.54) is 23.3 Å². The minimum Gasteiger partial charge on any atom is -0.497 e. The first kappa shape index (κ1) is 28.0. The molecule has 0 saturated carbocycles. The first-order chi connectivity index (χ1) is 22.2. The SMILES string of the molecule is COc1ccc(Cn2c(CCc3c[nH]c4ccccc34)nnc2[C@H](Cc2c[nH]c3ccccc23)NC(=O)c2cnccn2)cc1. The van der Waals surface area contributed by atoms with Gasteiger partial charge in [-0.05, 0) is 47.4 Å². The van der Waals surface area contributed by atoms with Crippen molar-refractivity contribution >= 4 is 27.7 Å². The Kier molecular flexibility index (Phi) is 7.76. The molecule has 224 valence electrons. The van der Waals surface area contributed by atoms with Crippen LogP contribution in [0.25, 0.3) is 21.8 Å². The van der Waals surface area contributed by atoms with Gasteiger partial charge in [0.25, 0.3) is 5.91 Å². The van der Waals surface area contributed by atoms with Gasteiger partial charge in [0.05, 0.1) is 25.9 Å². The summed E-state index contributed by atoms with van der Waals surface area (Å²) in [7, 11) is 1.66. The van der Waals surface area contributed by atoms with Crippen LogP contribution in [-0.4, -0.2) is 47.7 Å². The Hall–Kier alpha value is -5.77. The largest absolute Gasteiger partial charge is 0.497 e. The standard InChI is InChI=1S/C35H32N8O2/c1-45-26-13-10-23(11-14-26)22-43-33(15-12-24-19-38-29-8-4-2-6-27(24)29)41-42-34(43)31(40-35(44)32-21-36-16-17-37-32)18-25-20-39-30-9-5-3-7-28(25)30/h2-11,13-14,16-17,19-21,31,38-39H,12,15,18,22H2,1H3,(H,40,44)/t31-/m0/s1. The van der Waals surface area contributed by atoms with E-state index in [0.29, 0.717) is 25.2 Å². The van der Waals surface area contributed by atoms with Gasteiger partial charge in [-0.15, -0.1) is 10.2 Å². The van der Waals surface area contributed by atoms with Gasteiger partial charge in [-0.2, -0.15) is 0 Å². The maximum Gasteiger partial charge on any atom is 0.272 e. The molecule has 0 saturated heterocycles. The highest BCUT2D eigenvalue weighted by Gasteiger charge is 2.26. The first-order valence-electron chi connectivity index (χ1n) is 14.9. The van der Waals surface area contributed by atoms with Crippen LogP contribution in [-0.2, 0) is 25.8 Å². The highest BCUT2D eigenvalue weighted by molar-refractivity contribution is 5.92. The van der Waals surface area contributed by atoms with Gasteiger partial charge in [0.15, 0.2) is 5.82 Å². The number of aryl methyl sites for hydroxylation is 2. The lowest BCUT2D eigenvalue weighted by atomic mass is 10.0. The lowest BCUT2D eigenvalue weighted by Gasteiger charge is -2.20. The highest BCUT2D eigenvalue weighted by Crippen LogP contribution is 2.27. The molecule has 0 bridgehead atoms. The number of nitrogens with one attached hydrogen (secondary N) is 3. The molecular weight excluding hydrogens is 564 g/mol. The number of para-hydroxylation sites is 2. The summed E-state index contributed by atoms with van der Waals surface area (Å²) in [4.78, 5) is 28.5. The van der Waals surface area contributed by atoms with E-state index in [-0.39, 0.29) is 11.6 Å². The fraction of sp³-hybridized carbons (Fsp3) is 0.171. The normalized spacial score (nSPS) is 12.0. The third-order valence-corrected chi connectivity index (χ3v) is 8.16. The lowest BCUT2D eigenvalue weighted by Crippen LogP contribution is -2.33. The second kappa shape index (κ2) is 12.5. The van der Waals surface area contributed by atoms with Crippen molar-refractivity contribution in [2.24, 2.45) is 0 Å². The molecule has 0 aliphatic rings. The molecule has 3 N–H and O–H groups in total. The minimum atomic E-state index is -0.494. The van der Waals surface area contributed by atoms with Gasteiger partial charge in [0, 0.05) is 59.4 Å². The van der Waals surface area contributed by atoms with Gasteiger partial charge in [0.2, 0.25) is 0 Å². The number of fused-ring (bicyclic) bond motifs is 2. The highest BCUT2D eigenvalue weighted by atomic mass is 16.5. The molecule has 4 aromatic heterocycles. The average Bonchev–Trinajstić information content (AvgIpc) is 3.81. The molecule has 10 heteroatoms. The van der Waals surface area contributed by atoms with Crippen LogP contribution in [0.5, 0.6) is 5.75 Å². The summed E-state index contributed by atoms with van der Waals surface area (Å²) in [6, 6.07) is 23.9. The van der Waals surface area contributed by atoms with Crippen LogP contribution < -0.4 is 10.1 Å². The summed E-state index contributed by atoms with van der Waals surface area (Å²) in [6.45, 7) is 0.529. The zero-order valence-corrected chi connectivity index (χ0v) is 24.8. The Morgan fingerprint density at radius 1 is 0.867 bits per heavy atom. The number of rotatable bonds is 11. The summed E-state index contributed by atoms with van der Waals surface area (Å²) in [6.07, 6.45) is 10.5. The van der Waals surface area contributed by atoms with E-state index < -0.39 is 6.04 Å². The number of carbonyl (C=O) groups excluding carboxylic acids is 1. The van der Waals surface area contributed by atoms with Crippen LogP contribution in [0.15, 0.2) is 104 Å². The van der Waals surface area contributed by atoms with Gasteiger partial charge in [-0.3, -0.25) is 9.78 Å². The van der Waals surface area contributed by atoms with E-state index in [4.69, 9.17) is 14.9 Å².